The highest BCUT2D eigenvalue weighted by Gasteiger charge is 2.44. The van der Waals surface area contributed by atoms with E-state index in [1.54, 1.807) is 38.1 Å². The number of hydrogen-bond acceptors (Lipinski definition) is 9. The Balaban J connectivity index is 1.65. The van der Waals surface area contributed by atoms with Crippen molar-refractivity contribution in [3.05, 3.63) is 82.4 Å². The molecule has 0 aromatic heterocycles. The van der Waals surface area contributed by atoms with E-state index >= 15 is 0 Å². The van der Waals surface area contributed by atoms with Crippen LogP contribution in [-0.2, 0) is 31.0 Å². The molecule has 3 N–H and O–H groups in total. The number of rotatable bonds is 13. The molecule has 280 valence electrons. The van der Waals surface area contributed by atoms with E-state index in [0.717, 1.165) is 44.1 Å². The molecule has 1 amide bonds. The number of fused-ring (bicyclic) bond motifs is 2. The zero-order valence-electron chi connectivity index (χ0n) is 30.8. The molecule has 14 heteroatoms. The molecular weight excluding hydrogens is 687 g/mol. The number of nitrogens with one attached hydrogen (secondary N) is 1. The third-order valence-corrected chi connectivity index (χ3v) is 12.0. The minimum Gasteiger partial charge on any atom is -0.488 e. The summed E-state index contributed by atoms with van der Waals surface area (Å²) in [6.07, 6.45) is -0.173. The minimum atomic E-state index is -3.94. The third kappa shape index (κ3) is 7.46. The predicted molar refractivity (Wildman–Crippen MR) is 198 cm³/mol. The second kappa shape index (κ2) is 15.1. The second-order valence-electron chi connectivity index (χ2n) is 14.0. The van der Waals surface area contributed by atoms with Crippen LogP contribution in [0.3, 0.4) is 0 Å². The Bertz CT molecular complexity index is 1970. The van der Waals surface area contributed by atoms with Crippen LogP contribution in [0.1, 0.15) is 74.3 Å². The quantitative estimate of drug-likeness (QED) is 0.219. The number of carboxylic acids is 2. The first-order chi connectivity index (χ1) is 24.5. The molecule has 0 bridgehead atoms. The van der Waals surface area contributed by atoms with Crippen molar-refractivity contribution in [1.82, 2.24) is 14.7 Å². The summed E-state index contributed by atoms with van der Waals surface area (Å²) in [6, 6.07) is 16.4. The molecule has 0 fully saturated rings. The van der Waals surface area contributed by atoms with Crippen LogP contribution in [0.15, 0.2) is 59.5 Å². The Morgan fingerprint density at radius 2 is 1.75 bits per heavy atom. The van der Waals surface area contributed by atoms with E-state index in [1.165, 1.54) is 4.31 Å². The van der Waals surface area contributed by atoms with Crippen molar-refractivity contribution in [3.63, 3.8) is 0 Å². The van der Waals surface area contributed by atoms with Crippen molar-refractivity contribution in [2.45, 2.75) is 77.8 Å². The number of aliphatic carboxylic acids is 2. The Morgan fingerprint density at radius 1 is 1.04 bits per heavy atom. The van der Waals surface area contributed by atoms with Crippen molar-refractivity contribution in [2.75, 3.05) is 43.2 Å². The number of anilines is 2. The lowest BCUT2D eigenvalue weighted by Gasteiger charge is -2.39. The average Bonchev–Trinajstić information content (AvgIpc) is 3.38. The lowest BCUT2D eigenvalue weighted by Crippen LogP contribution is -2.47. The fourth-order valence-corrected chi connectivity index (χ4v) is 8.95. The first kappa shape index (κ1) is 38.6. The number of hydrazine groups is 2. The Morgan fingerprint density at radius 3 is 2.40 bits per heavy atom. The van der Waals surface area contributed by atoms with Crippen LogP contribution in [0.2, 0.25) is 0 Å². The summed E-state index contributed by atoms with van der Waals surface area (Å²) in [5, 5.41) is 23.1. The number of sulfonamides is 1. The molecule has 0 aliphatic carbocycles. The molecule has 2 aliphatic rings. The number of aryl methyl sites for hydroxylation is 1. The van der Waals surface area contributed by atoms with Crippen LogP contribution in [0, 0.1) is 19.3 Å². The predicted octanol–water partition coefficient (Wildman–Crippen LogP) is 4.91. The number of benzene rings is 3. The lowest BCUT2D eigenvalue weighted by atomic mass is 9.68. The smallest absolute Gasteiger partial charge is 0.323 e. The van der Waals surface area contributed by atoms with E-state index in [4.69, 9.17) is 4.74 Å². The molecule has 5 rings (SSSR count). The molecule has 3 aromatic carbocycles. The highest BCUT2D eigenvalue weighted by atomic mass is 32.2. The summed E-state index contributed by atoms with van der Waals surface area (Å²) >= 11 is 0. The van der Waals surface area contributed by atoms with Gasteiger partial charge in [-0.05, 0) is 73.2 Å². The second-order valence-corrected chi connectivity index (χ2v) is 16.0. The molecule has 13 nitrogen and oxygen atoms in total. The number of nitrogens with zero attached hydrogens (tertiary/aromatic N) is 4. The van der Waals surface area contributed by atoms with Crippen molar-refractivity contribution in [2.24, 2.45) is 5.41 Å². The van der Waals surface area contributed by atoms with E-state index in [9.17, 15) is 33.0 Å². The van der Waals surface area contributed by atoms with Gasteiger partial charge in [-0.15, -0.1) is 5.53 Å². The molecule has 2 atom stereocenters. The standard InChI is InChI=1S/C38H49N5O8S/c1-8-28-22-42(52(49,50)32-13-11-10-12-31(32)51-28)21-27-20-26(15-14-24(27)3)35(29-16-17-30-36(25(29)4)40(7)39-43(30)9-2)38(5,6)37(48)41(23-34(46)47)19-18-33(44)45/h10-17,20,28,35,39H,8-9,18-19,21-23H2,1-7H3,(H,44,45)(H,46,47)/t28-,35+/m1/s1. The zero-order chi connectivity index (χ0) is 38.1. The molecule has 0 radical (unpaired) electrons. The molecule has 2 heterocycles. The summed E-state index contributed by atoms with van der Waals surface area (Å²) in [7, 11) is -2.03. The maximum absolute atomic E-state index is 14.5. The maximum atomic E-state index is 14.5. The van der Waals surface area contributed by atoms with E-state index < -0.39 is 52.2 Å². The molecule has 0 unspecified atom stereocenters. The first-order valence-corrected chi connectivity index (χ1v) is 18.9. The van der Waals surface area contributed by atoms with E-state index in [1.807, 2.05) is 75.1 Å². The van der Waals surface area contributed by atoms with Gasteiger partial charge >= 0.3 is 11.9 Å². The lowest BCUT2D eigenvalue weighted by molar-refractivity contribution is -0.150. The van der Waals surface area contributed by atoms with Gasteiger partial charge < -0.3 is 19.8 Å². The van der Waals surface area contributed by atoms with Gasteiger partial charge in [0.15, 0.2) is 0 Å². The Kier molecular flexibility index (Phi) is 11.2. The van der Waals surface area contributed by atoms with Gasteiger partial charge in [0.25, 0.3) is 0 Å². The van der Waals surface area contributed by atoms with Crippen molar-refractivity contribution < 1.29 is 37.8 Å². The van der Waals surface area contributed by atoms with Crippen molar-refractivity contribution in [1.29, 1.82) is 0 Å². The van der Waals surface area contributed by atoms with E-state index in [0.29, 0.717) is 18.7 Å². The van der Waals surface area contributed by atoms with Gasteiger partial charge in [0, 0.05) is 32.6 Å². The van der Waals surface area contributed by atoms with Gasteiger partial charge in [-0.25, -0.2) is 8.42 Å². The van der Waals surface area contributed by atoms with Gasteiger partial charge in [-0.1, -0.05) is 57.2 Å². The highest BCUT2D eigenvalue weighted by Crippen LogP contribution is 2.48. The number of carboxylic acid groups (broad SMARTS) is 2. The largest absolute Gasteiger partial charge is 0.488 e. The van der Waals surface area contributed by atoms with Crippen LogP contribution in [0.5, 0.6) is 5.75 Å². The van der Waals surface area contributed by atoms with E-state index in [2.05, 4.69) is 5.53 Å². The van der Waals surface area contributed by atoms with Crippen LogP contribution in [0.25, 0.3) is 0 Å². The minimum absolute atomic E-state index is 0.0579. The number of carbonyl (C=O) groups excluding carboxylic acids is 1. The topological polar surface area (TPSA) is 160 Å². The normalized spacial score (nSPS) is 17.5. The van der Waals surface area contributed by atoms with Crippen LogP contribution >= 0.6 is 0 Å². The molecular formula is C38H49N5O8S. The molecule has 0 spiro atoms. The van der Waals surface area contributed by atoms with E-state index in [-0.39, 0.29) is 30.6 Å². The van der Waals surface area contributed by atoms with Crippen molar-refractivity contribution >= 4 is 39.2 Å². The van der Waals surface area contributed by atoms with Crippen LogP contribution in [0.4, 0.5) is 11.4 Å². The maximum Gasteiger partial charge on any atom is 0.323 e. The van der Waals surface area contributed by atoms with Crippen LogP contribution < -0.4 is 20.3 Å². The van der Waals surface area contributed by atoms with Gasteiger partial charge in [-0.2, -0.15) is 4.31 Å². The molecule has 0 saturated heterocycles. The summed E-state index contributed by atoms with van der Waals surface area (Å²) in [5.74, 6) is -3.24. The Labute approximate surface area is 305 Å². The first-order valence-electron chi connectivity index (χ1n) is 17.5. The third-order valence-electron chi connectivity index (χ3n) is 10.1. The fraction of sp³-hybridized carbons (Fsp3) is 0.447. The average molecular weight is 736 g/mol. The van der Waals surface area contributed by atoms with Crippen LogP contribution in [-0.4, -0.2) is 85.0 Å². The van der Waals surface area contributed by atoms with Gasteiger partial charge in [0.05, 0.1) is 29.8 Å². The SMILES string of the molecule is CC[C@@H]1CN(Cc2cc([C@@H](c3ccc4c(c3C)N(C)NN4CC)C(C)(C)C(=O)N(CCC(=O)O)CC(=O)O)ccc2C)S(=O)(=O)c2ccccc2O1. The molecule has 52 heavy (non-hydrogen) atoms. The summed E-state index contributed by atoms with van der Waals surface area (Å²) in [6.45, 7) is 11.4. The molecule has 2 aliphatic heterocycles. The fourth-order valence-electron chi connectivity index (χ4n) is 7.38. The highest BCUT2D eigenvalue weighted by molar-refractivity contribution is 7.89. The Hall–Kier alpha value is -4.66. The number of hydrogen-bond donors (Lipinski definition) is 3. The van der Waals surface area contributed by atoms with Crippen molar-refractivity contribution in [3.8, 4) is 5.75 Å². The molecule has 3 aromatic rings. The summed E-state index contributed by atoms with van der Waals surface area (Å²) in [5.41, 5.74) is 7.99. The zero-order valence-corrected chi connectivity index (χ0v) is 31.7. The number of amides is 1. The van der Waals surface area contributed by atoms with Gasteiger partial charge in [0.2, 0.25) is 15.9 Å². The summed E-state index contributed by atoms with van der Waals surface area (Å²) in [4.78, 5) is 39.2. The molecule has 0 saturated carbocycles. The summed E-state index contributed by atoms with van der Waals surface area (Å²) < 4.78 is 35.8. The van der Waals surface area contributed by atoms with Gasteiger partial charge in [0.1, 0.15) is 23.3 Å². The number of carbonyl (C=O) groups is 3. The number of para-hydroxylation sites is 1. The van der Waals surface area contributed by atoms with Gasteiger partial charge in [-0.3, -0.25) is 24.4 Å². The monoisotopic (exact) mass is 735 g/mol. The number of ether oxygens (including phenoxy) is 1.